The average Bonchev–Trinajstić information content (AvgIpc) is 2.84. The first kappa shape index (κ1) is 22.9. The Labute approximate surface area is 194 Å². The van der Waals surface area contributed by atoms with Gasteiger partial charge in [-0.3, -0.25) is 4.79 Å². The van der Waals surface area contributed by atoms with Crippen molar-refractivity contribution in [3.63, 3.8) is 0 Å². The minimum atomic E-state index is -0.551. The highest BCUT2D eigenvalue weighted by Gasteiger charge is 2.28. The lowest BCUT2D eigenvalue weighted by Crippen LogP contribution is -2.52. The van der Waals surface area contributed by atoms with Crippen LogP contribution in [0.15, 0.2) is 60.8 Å². The number of carbonyl (C=O) groups is 1. The van der Waals surface area contributed by atoms with Crippen LogP contribution in [0.1, 0.15) is 21.5 Å². The SMILES string of the molecule is COc1ccccc1CN(C)C(=O)c1cnc([N+]2([O-])CCOCC2)cc1-c1ccccc1C. The number of nitrogens with zero attached hydrogens (tertiary/aromatic N) is 3. The topological polar surface area (TPSA) is 74.7 Å². The summed E-state index contributed by atoms with van der Waals surface area (Å²) < 4.78 is 10.3. The Hall–Kier alpha value is -3.26. The zero-order valence-electron chi connectivity index (χ0n) is 19.3. The summed E-state index contributed by atoms with van der Waals surface area (Å²) in [6, 6.07) is 17.3. The third kappa shape index (κ3) is 4.75. The van der Waals surface area contributed by atoms with Gasteiger partial charge in [0.05, 0.1) is 25.9 Å². The summed E-state index contributed by atoms with van der Waals surface area (Å²) >= 11 is 0. The van der Waals surface area contributed by atoms with Crippen LogP contribution in [0.4, 0.5) is 5.82 Å². The van der Waals surface area contributed by atoms with Crippen LogP contribution in [0.2, 0.25) is 0 Å². The quantitative estimate of drug-likeness (QED) is 0.419. The third-order valence-corrected chi connectivity index (χ3v) is 6.11. The molecule has 0 aliphatic carbocycles. The average molecular weight is 448 g/mol. The van der Waals surface area contributed by atoms with Crippen molar-refractivity contribution in [1.29, 1.82) is 0 Å². The molecule has 0 N–H and O–H groups in total. The Morgan fingerprint density at radius 3 is 2.55 bits per heavy atom. The molecular weight excluding hydrogens is 418 g/mol. The fraction of sp³-hybridized carbons (Fsp3) is 0.308. The van der Waals surface area contributed by atoms with E-state index in [-0.39, 0.29) is 5.91 Å². The van der Waals surface area contributed by atoms with Crippen LogP contribution in [-0.4, -0.2) is 56.3 Å². The van der Waals surface area contributed by atoms with E-state index in [1.165, 1.54) is 0 Å². The summed E-state index contributed by atoms with van der Waals surface area (Å²) in [6.45, 7) is 3.79. The van der Waals surface area contributed by atoms with Crippen molar-refractivity contribution in [1.82, 2.24) is 14.5 Å². The molecule has 0 bridgehead atoms. The number of hydrogen-bond donors (Lipinski definition) is 0. The van der Waals surface area contributed by atoms with Gasteiger partial charge < -0.3 is 24.2 Å². The number of quaternary nitrogens is 1. The molecule has 1 aliphatic rings. The number of benzene rings is 2. The molecule has 172 valence electrons. The van der Waals surface area contributed by atoms with Crippen molar-refractivity contribution in [3.05, 3.63) is 82.7 Å². The summed E-state index contributed by atoms with van der Waals surface area (Å²) in [4.78, 5) is 19.7. The summed E-state index contributed by atoms with van der Waals surface area (Å²) in [7, 11) is 3.38. The van der Waals surface area contributed by atoms with Gasteiger partial charge in [-0.15, -0.1) is 0 Å². The second kappa shape index (κ2) is 9.70. The molecule has 0 spiro atoms. The lowest BCUT2D eigenvalue weighted by atomic mass is 9.96. The number of pyridine rings is 1. The van der Waals surface area contributed by atoms with Gasteiger partial charge in [0.2, 0.25) is 5.82 Å². The predicted molar refractivity (Wildman–Crippen MR) is 129 cm³/mol. The molecule has 1 fully saturated rings. The van der Waals surface area contributed by atoms with E-state index in [2.05, 4.69) is 4.98 Å². The summed E-state index contributed by atoms with van der Waals surface area (Å²) in [5.41, 5.74) is 4.03. The smallest absolute Gasteiger partial charge is 0.256 e. The van der Waals surface area contributed by atoms with Crippen molar-refractivity contribution in [2.24, 2.45) is 0 Å². The molecule has 33 heavy (non-hydrogen) atoms. The van der Waals surface area contributed by atoms with Gasteiger partial charge >= 0.3 is 0 Å². The summed E-state index contributed by atoms with van der Waals surface area (Å²) in [5.74, 6) is 0.966. The number of hydroxylamine groups is 2. The molecule has 4 rings (SSSR count). The minimum absolute atomic E-state index is 0.169. The Kier molecular flexibility index (Phi) is 6.74. The fourth-order valence-corrected chi connectivity index (χ4v) is 4.17. The highest BCUT2D eigenvalue weighted by molar-refractivity contribution is 6.01. The lowest BCUT2D eigenvalue weighted by Gasteiger charge is -2.43. The summed E-state index contributed by atoms with van der Waals surface area (Å²) in [5, 5.41) is 13.4. The van der Waals surface area contributed by atoms with Gasteiger partial charge in [0.1, 0.15) is 18.8 Å². The Morgan fingerprint density at radius 2 is 1.82 bits per heavy atom. The highest BCUT2D eigenvalue weighted by Crippen LogP contribution is 2.33. The van der Waals surface area contributed by atoms with E-state index in [0.29, 0.717) is 44.2 Å². The maximum absolute atomic E-state index is 13.6. The van der Waals surface area contributed by atoms with Crippen molar-refractivity contribution in [3.8, 4) is 16.9 Å². The molecule has 2 aromatic carbocycles. The second-order valence-corrected chi connectivity index (χ2v) is 8.32. The molecule has 2 heterocycles. The molecular formula is C26H29N3O4. The number of morpholine rings is 1. The van der Waals surface area contributed by atoms with E-state index >= 15 is 0 Å². The van der Waals surface area contributed by atoms with Crippen molar-refractivity contribution in [2.75, 3.05) is 40.5 Å². The molecule has 0 saturated carbocycles. The number of hydrogen-bond acceptors (Lipinski definition) is 5. The molecule has 0 atom stereocenters. The number of amides is 1. The molecule has 1 aliphatic heterocycles. The van der Waals surface area contributed by atoms with Gasteiger partial charge in [-0.05, 0) is 24.1 Å². The van der Waals surface area contributed by atoms with E-state index in [1.54, 1.807) is 31.3 Å². The van der Waals surface area contributed by atoms with Crippen molar-refractivity contribution >= 4 is 11.7 Å². The van der Waals surface area contributed by atoms with Crippen LogP contribution in [0.5, 0.6) is 5.75 Å². The first-order chi connectivity index (χ1) is 15.9. The van der Waals surface area contributed by atoms with Gasteiger partial charge in [-0.25, -0.2) is 4.98 Å². The standard InChI is InChI=1S/C26H29N3O4/c1-19-8-4-6-10-21(19)22-16-25(29(31)12-14-33-15-13-29)27-17-23(22)26(30)28(2)18-20-9-5-7-11-24(20)32-3/h4-11,16-17H,12-15,18H2,1-3H3. The number of para-hydroxylation sites is 1. The van der Waals surface area contributed by atoms with E-state index < -0.39 is 4.65 Å². The van der Waals surface area contributed by atoms with E-state index in [4.69, 9.17) is 9.47 Å². The molecule has 0 unspecified atom stereocenters. The largest absolute Gasteiger partial charge is 0.626 e. The fourth-order valence-electron chi connectivity index (χ4n) is 4.17. The monoisotopic (exact) mass is 447 g/mol. The zero-order valence-corrected chi connectivity index (χ0v) is 19.3. The third-order valence-electron chi connectivity index (χ3n) is 6.11. The first-order valence-electron chi connectivity index (χ1n) is 11.0. The molecule has 3 aromatic rings. The Morgan fingerprint density at radius 1 is 1.12 bits per heavy atom. The van der Waals surface area contributed by atoms with Gasteiger partial charge in [0.15, 0.2) is 0 Å². The number of aromatic nitrogens is 1. The maximum atomic E-state index is 13.6. The van der Waals surface area contributed by atoms with Crippen LogP contribution in [0.3, 0.4) is 0 Å². The predicted octanol–water partition coefficient (Wildman–Crippen LogP) is 4.17. The normalized spacial score (nSPS) is 15.2. The number of methoxy groups -OCH3 is 1. The summed E-state index contributed by atoms with van der Waals surface area (Å²) in [6.07, 6.45) is 1.55. The van der Waals surface area contributed by atoms with Gasteiger partial charge in [-0.1, -0.05) is 42.5 Å². The number of carbonyl (C=O) groups excluding carboxylic acids is 1. The number of aryl methyl sites for hydroxylation is 1. The lowest BCUT2D eigenvalue weighted by molar-refractivity contribution is 0.0601. The van der Waals surface area contributed by atoms with Crippen LogP contribution in [0, 0.1) is 12.1 Å². The molecule has 1 saturated heterocycles. The Bertz CT molecular complexity index is 1140. The van der Waals surface area contributed by atoms with Crippen LogP contribution >= 0.6 is 0 Å². The van der Waals surface area contributed by atoms with Gasteiger partial charge in [0.25, 0.3) is 5.91 Å². The van der Waals surface area contributed by atoms with Crippen molar-refractivity contribution < 1.29 is 14.3 Å². The second-order valence-electron chi connectivity index (χ2n) is 8.32. The van der Waals surface area contributed by atoms with Crippen LogP contribution in [0.25, 0.3) is 11.1 Å². The maximum Gasteiger partial charge on any atom is 0.256 e. The highest BCUT2D eigenvalue weighted by atomic mass is 16.6. The molecule has 1 amide bonds. The molecule has 0 radical (unpaired) electrons. The van der Waals surface area contributed by atoms with E-state index in [9.17, 15) is 10.0 Å². The number of ether oxygens (including phenoxy) is 2. The van der Waals surface area contributed by atoms with Crippen LogP contribution < -0.4 is 9.38 Å². The molecule has 1 aromatic heterocycles. The van der Waals surface area contributed by atoms with Crippen LogP contribution in [-0.2, 0) is 11.3 Å². The molecule has 7 nitrogen and oxygen atoms in total. The van der Waals surface area contributed by atoms with E-state index in [1.807, 2.05) is 55.5 Å². The van der Waals surface area contributed by atoms with Gasteiger partial charge in [-0.2, -0.15) is 0 Å². The van der Waals surface area contributed by atoms with Gasteiger partial charge in [0, 0.05) is 37.0 Å². The Balaban J connectivity index is 1.73. The minimum Gasteiger partial charge on any atom is -0.626 e. The van der Waals surface area contributed by atoms with E-state index in [0.717, 1.165) is 28.0 Å². The van der Waals surface area contributed by atoms with Crippen molar-refractivity contribution in [2.45, 2.75) is 13.5 Å². The molecule has 7 heteroatoms. The zero-order chi connectivity index (χ0) is 23.4. The first-order valence-corrected chi connectivity index (χ1v) is 11.0. The number of rotatable bonds is 6.